The van der Waals surface area contributed by atoms with E-state index in [1.54, 1.807) is 6.92 Å². The Bertz CT molecular complexity index is 632. The highest BCUT2D eigenvalue weighted by Crippen LogP contribution is 2.37. The van der Waals surface area contributed by atoms with Crippen LogP contribution < -0.4 is 17.3 Å². The molecule has 19 heavy (non-hydrogen) atoms. The van der Waals surface area contributed by atoms with Crippen LogP contribution >= 0.6 is 23.4 Å². The third kappa shape index (κ3) is 2.59. The maximum Gasteiger partial charge on any atom is 0.248 e. The molecule has 0 fully saturated rings. The first kappa shape index (κ1) is 13.5. The number of anilines is 1. The molecule has 1 amide bonds. The predicted octanol–water partition coefficient (Wildman–Crippen LogP) is 0.786. The van der Waals surface area contributed by atoms with Crippen molar-refractivity contribution in [2.45, 2.75) is 17.0 Å². The van der Waals surface area contributed by atoms with Gasteiger partial charge in [-0.2, -0.15) is 0 Å². The van der Waals surface area contributed by atoms with Crippen molar-refractivity contribution in [3.63, 3.8) is 0 Å². The number of nitrogens with zero attached hydrogens (tertiary/aromatic N) is 3. The topological polar surface area (TPSA) is 126 Å². The summed E-state index contributed by atoms with van der Waals surface area (Å²) in [4.78, 5) is 11.6. The first-order chi connectivity index (χ1) is 8.90. The smallest absolute Gasteiger partial charge is 0.248 e. The first-order valence-corrected chi connectivity index (χ1v) is 6.33. The predicted molar refractivity (Wildman–Crippen MR) is 73.4 cm³/mol. The van der Waals surface area contributed by atoms with Crippen molar-refractivity contribution in [3.05, 3.63) is 28.5 Å². The van der Waals surface area contributed by atoms with Crippen molar-refractivity contribution < 1.29 is 4.79 Å². The maximum absolute atomic E-state index is 11.1. The maximum atomic E-state index is 11.1. The van der Waals surface area contributed by atoms with Crippen LogP contribution in [0.3, 0.4) is 0 Å². The summed E-state index contributed by atoms with van der Waals surface area (Å²) in [6.07, 6.45) is 0. The molecule has 0 unspecified atom stereocenters. The lowest BCUT2D eigenvalue weighted by Gasteiger charge is -2.08. The zero-order chi connectivity index (χ0) is 14.2. The number of nitrogen functional groups attached to an aromatic ring is 2. The molecule has 100 valence electrons. The molecule has 0 aliphatic rings. The van der Waals surface area contributed by atoms with Gasteiger partial charge in [-0.1, -0.05) is 11.6 Å². The van der Waals surface area contributed by atoms with Crippen molar-refractivity contribution in [3.8, 4) is 0 Å². The van der Waals surface area contributed by atoms with E-state index in [4.69, 9.17) is 28.9 Å². The third-order valence-corrected chi connectivity index (χ3v) is 3.92. The van der Waals surface area contributed by atoms with Crippen LogP contribution in [0.1, 0.15) is 16.2 Å². The van der Waals surface area contributed by atoms with E-state index in [-0.39, 0.29) is 5.56 Å². The monoisotopic (exact) mass is 298 g/mol. The molecule has 1 aromatic heterocycles. The first-order valence-electron chi connectivity index (χ1n) is 5.14. The Morgan fingerprint density at radius 3 is 2.58 bits per heavy atom. The van der Waals surface area contributed by atoms with Gasteiger partial charge in [-0.15, -0.1) is 10.2 Å². The fourth-order valence-corrected chi connectivity index (χ4v) is 2.55. The minimum absolute atomic E-state index is 0.247. The molecule has 0 aliphatic carbocycles. The van der Waals surface area contributed by atoms with Crippen molar-refractivity contribution in [1.29, 1.82) is 0 Å². The summed E-state index contributed by atoms with van der Waals surface area (Å²) in [6, 6.07) is 2.91. The van der Waals surface area contributed by atoms with E-state index in [2.05, 4.69) is 10.2 Å². The molecule has 1 aromatic carbocycles. The van der Waals surface area contributed by atoms with E-state index in [1.807, 2.05) is 0 Å². The summed E-state index contributed by atoms with van der Waals surface area (Å²) in [5.74, 6) is 5.71. The van der Waals surface area contributed by atoms with Crippen molar-refractivity contribution in [2.24, 2.45) is 5.73 Å². The molecule has 0 bridgehead atoms. The number of carbonyl (C=O) groups excluding carboxylic acids is 1. The van der Waals surface area contributed by atoms with Crippen LogP contribution in [-0.4, -0.2) is 20.8 Å². The van der Waals surface area contributed by atoms with Crippen LogP contribution in [0.4, 0.5) is 5.69 Å². The number of hydrogen-bond acceptors (Lipinski definition) is 6. The van der Waals surface area contributed by atoms with Crippen LogP contribution in [0.5, 0.6) is 0 Å². The molecule has 0 spiro atoms. The molecule has 0 aliphatic heterocycles. The van der Waals surface area contributed by atoms with Crippen LogP contribution in [0.15, 0.2) is 22.2 Å². The zero-order valence-electron chi connectivity index (χ0n) is 9.92. The Balaban J connectivity index is 2.41. The normalized spacial score (nSPS) is 10.6. The number of primary amides is 1. The second-order valence-corrected chi connectivity index (χ2v) is 5.13. The Labute approximate surface area is 118 Å². The quantitative estimate of drug-likeness (QED) is 0.568. The Hall–Kier alpha value is -1.93. The summed E-state index contributed by atoms with van der Waals surface area (Å²) in [5, 5.41) is 8.47. The van der Waals surface area contributed by atoms with E-state index in [9.17, 15) is 4.79 Å². The molecule has 6 N–H and O–H groups in total. The van der Waals surface area contributed by atoms with Crippen LogP contribution in [0, 0.1) is 6.92 Å². The van der Waals surface area contributed by atoms with Gasteiger partial charge in [-0.05, 0) is 30.8 Å². The molecular formula is C10H11ClN6OS. The highest BCUT2D eigenvalue weighted by Gasteiger charge is 2.15. The average molecular weight is 299 g/mol. The summed E-state index contributed by atoms with van der Waals surface area (Å²) in [5.41, 5.74) is 11.6. The van der Waals surface area contributed by atoms with Gasteiger partial charge in [0.05, 0.1) is 9.92 Å². The molecular weight excluding hydrogens is 288 g/mol. The molecule has 0 saturated carbocycles. The van der Waals surface area contributed by atoms with E-state index in [1.165, 1.54) is 16.8 Å². The number of halogens is 1. The molecule has 9 heteroatoms. The minimum atomic E-state index is -0.594. The summed E-state index contributed by atoms with van der Waals surface area (Å²) < 4.78 is 1.32. The van der Waals surface area contributed by atoms with E-state index in [0.29, 0.717) is 26.6 Å². The SMILES string of the molecule is Cc1nnc(Sc2c(N)cc(C(N)=O)cc2Cl)n1N. The van der Waals surface area contributed by atoms with Gasteiger partial charge >= 0.3 is 0 Å². The van der Waals surface area contributed by atoms with Gasteiger partial charge in [-0.25, -0.2) is 4.68 Å². The second kappa shape index (κ2) is 4.98. The highest BCUT2D eigenvalue weighted by molar-refractivity contribution is 7.99. The zero-order valence-corrected chi connectivity index (χ0v) is 11.5. The lowest BCUT2D eigenvalue weighted by molar-refractivity contribution is 0.100. The van der Waals surface area contributed by atoms with Gasteiger partial charge in [0.2, 0.25) is 11.1 Å². The summed E-state index contributed by atoms with van der Waals surface area (Å²) >= 11 is 7.24. The standard InChI is InChI=1S/C10H11ClN6OS/c1-4-15-16-10(17(4)14)19-8-6(11)2-5(9(13)18)3-7(8)12/h2-3H,12,14H2,1H3,(H2,13,18). The van der Waals surface area contributed by atoms with Gasteiger partial charge in [0, 0.05) is 11.3 Å². The Morgan fingerprint density at radius 2 is 2.11 bits per heavy atom. The summed E-state index contributed by atoms with van der Waals surface area (Å²) in [6.45, 7) is 1.72. The van der Waals surface area contributed by atoms with E-state index in [0.717, 1.165) is 11.8 Å². The molecule has 0 radical (unpaired) electrons. The van der Waals surface area contributed by atoms with Crippen molar-refractivity contribution in [2.75, 3.05) is 11.6 Å². The fourth-order valence-electron chi connectivity index (χ4n) is 1.38. The summed E-state index contributed by atoms with van der Waals surface area (Å²) in [7, 11) is 0. The number of aryl methyl sites for hydroxylation is 1. The fraction of sp³-hybridized carbons (Fsp3) is 0.100. The second-order valence-electron chi connectivity index (χ2n) is 3.74. The Kier molecular flexibility index (Phi) is 3.54. The van der Waals surface area contributed by atoms with Crippen LogP contribution in [-0.2, 0) is 0 Å². The number of hydrogen-bond donors (Lipinski definition) is 3. The minimum Gasteiger partial charge on any atom is -0.398 e. The number of aromatic nitrogens is 3. The van der Waals surface area contributed by atoms with Crippen LogP contribution in [0.25, 0.3) is 0 Å². The van der Waals surface area contributed by atoms with Gasteiger partial charge in [0.15, 0.2) is 0 Å². The number of benzene rings is 1. The van der Waals surface area contributed by atoms with Gasteiger partial charge in [0.25, 0.3) is 0 Å². The number of carbonyl (C=O) groups is 1. The molecule has 7 nitrogen and oxygen atoms in total. The Morgan fingerprint density at radius 1 is 1.42 bits per heavy atom. The highest BCUT2D eigenvalue weighted by atomic mass is 35.5. The van der Waals surface area contributed by atoms with Gasteiger partial charge in [0.1, 0.15) is 5.82 Å². The largest absolute Gasteiger partial charge is 0.398 e. The average Bonchev–Trinajstić information content (AvgIpc) is 2.65. The van der Waals surface area contributed by atoms with Crippen molar-refractivity contribution in [1.82, 2.24) is 14.9 Å². The number of amides is 1. The lowest BCUT2D eigenvalue weighted by Crippen LogP contribution is -2.12. The molecule has 1 heterocycles. The molecule has 2 aromatic rings. The number of rotatable bonds is 3. The molecule has 0 atom stereocenters. The molecule has 0 saturated heterocycles. The van der Waals surface area contributed by atoms with Gasteiger partial charge in [-0.3, -0.25) is 4.79 Å². The van der Waals surface area contributed by atoms with Crippen molar-refractivity contribution >= 4 is 35.0 Å². The van der Waals surface area contributed by atoms with E-state index >= 15 is 0 Å². The van der Waals surface area contributed by atoms with Gasteiger partial charge < -0.3 is 17.3 Å². The lowest BCUT2D eigenvalue weighted by atomic mass is 10.2. The van der Waals surface area contributed by atoms with Crippen LogP contribution in [0.2, 0.25) is 5.02 Å². The van der Waals surface area contributed by atoms with E-state index < -0.39 is 5.91 Å². The number of nitrogens with two attached hydrogens (primary N) is 3. The molecule has 2 rings (SSSR count). The third-order valence-electron chi connectivity index (χ3n) is 2.39.